The number of halogens is 4. The molecule has 2 aromatic rings. The standard InChI is InChI=1S/C23H24ClF3N2O3S/c1-14-2-7-18(8-3-14)33(31,32)29(17-6-9-20(24)19(12-17)23(25,26)27)13-22(30)28-21-11-15-4-5-16(21)10-15/h2-3,6-9,12,15-16,21H,4-5,10-11,13H2,1H3,(H,28,30)/t15-,16-,21-/m1/s1. The minimum absolute atomic E-state index is 0.0314. The Labute approximate surface area is 196 Å². The smallest absolute Gasteiger partial charge is 0.352 e. The molecule has 0 spiro atoms. The molecule has 178 valence electrons. The quantitative estimate of drug-likeness (QED) is 0.595. The molecule has 4 rings (SSSR count). The van der Waals surface area contributed by atoms with E-state index in [0.717, 1.165) is 37.3 Å². The summed E-state index contributed by atoms with van der Waals surface area (Å²) < 4.78 is 67.9. The number of alkyl halides is 3. The summed E-state index contributed by atoms with van der Waals surface area (Å²) in [6.07, 6.45) is -0.733. The average Bonchev–Trinajstić information content (AvgIpc) is 3.35. The summed E-state index contributed by atoms with van der Waals surface area (Å²) in [7, 11) is -4.32. The van der Waals surface area contributed by atoms with Crippen LogP contribution >= 0.6 is 11.6 Å². The van der Waals surface area contributed by atoms with Crippen LogP contribution in [-0.2, 0) is 21.0 Å². The molecule has 0 unspecified atom stereocenters. The van der Waals surface area contributed by atoms with Crippen molar-refractivity contribution in [1.82, 2.24) is 5.32 Å². The molecule has 0 heterocycles. The van der Waals surface area contributed by atoms with Gasteiger partial charge in [-0.05, 0) is 68.4 Å². The SMILES string of the molecule is Cc1ccc(S(=O)(=O)N(CC(=O)N[C@@H]2C[C@@H]3CC[C@@H]2C3)c2ccc(Cl)c(C(F)(F)F)c2)cc1. The Hall–Kier alpha value is -2.26. The van der Waals surface area contributed by atoms with Gasteiger partial charge in [0.1, 0.15) is 6.54 Å². The van der Waals surface area contributed by atoms with E-state index in [1.807, 2.05) is 0 Å². The second-order valence-electron chi connectivity index (χ2n) is 8.84. The van der Waals surface area contributed by atoms with Crippen molar-refractivity contribution in [3.8, 4) is 0 Å². The number of carbonyl (C=O) groups is 1. The first kappa shape index (κ1) is 23.9. The summed E-state index contributed by atoms with van der Waals surface area (Å²) in [4.78, 5) is 12.8. The third-order valence-corrected chi connectivity index (χ3v) is 8.64. The van der Waals surface area contributed by atoms with Gasteiger partial charge in [-0.2, -0.15) is 13.2 Å². The number of fused-ring (bicyclic) bond motifs is 2. The summed E-state index contributed by atoms with van der Waals surface area (Å²) in [5.74, 6) is 0.388. The Morgan fingerprint density at radius 3 is 2.39 bits per heavy atom. The molecule has 5 nitrogen and oxygen atoms in total. The number of nitrogens with one attached hydrogen (secondary N) is 1. The molecule has 0 radical (unpaired) electrons. The third kappa shape index (κ3) is 4.99. The Bertz CT molecular complexity index is 1150. The van der Waals surface area contributed by atoms with Crippen LogP contribution < -0.4 is 9.62 Å². The second-order valence-corrected chi connectivity index (χ2v) is 11.1. The normalized spacial score (nSPS) is 22.4. The van der Waals surface area contributed by atoms with Crippen LogP contribution in [0.1, 0.15) is 36.8 Å². The maximum Gasteiger partial charge on any atom is 0.417 e. The molecule has 2 fully saturated rings. The lowest BCUT2D eigenvalue weighted by Crippen LogP contribution is -2.46. The fraction of sp³-hybridized carbons (Fsp3) is 0.435. The van der Waals surface area contributed by atoms with Crippen molar-refractivity contribution in [2.75, 3.05) is 10.8 Å². The number of sulfonamides is 1. The molecule has 2 bridgehead atoms. The molecule has 2 aliphatic carbocycles. The highest BCUT2D eigenvalue weighted by molar-refractivity contribution is 7.92. The number of nitrogens with zero attached hydrogens (tertiary/aromatic N) is 1. The summed E-state index contributed by atoms with van der Waals surface area (Å²) in [5, 5.41) is 2.36. The zero-order valence-electron chi connectivity index (χ0n) is 17.9. The van der Waals surface area contributed by atoms with Crippen molar-refractivity contribution in [3.05, 3.63) is 58.6 Å². The first-order valence-electron chi connectivity index (χ1n) is 10.7. The molecule has 3 atom stereocenters. The van der Waals surface area contributed by atoms with E-state index in [0.29, 0.717) is 22.2 Å². The molecular weight excluding hydrogens is 477 g/mol. The van der Waals surface area contributed by atoms with Gasteiger partial charge in [0.25, 0.3) is 10.0 Å². The molecule has 1 amide bonds. The zero-order chi connectivity index (χ0) is 24.0. The summed E-state index contributed by atoms with van der Waals surface area (Å²) in [6.45, 7) is 1.15. The number of benzene rings is 2. The number of hydrogen-bond donors (Lipinski definition) is 1. The maximum absolute atomic E-state index is 13.4. The lowest BCUT2D eigenvalue weighted by atomic mass is 9.95. The molecule has 10 heteroatoms. The van der Waals surface area contributed by atoms with Gasteiger partial charge in [-0.25, -0.2) is 8.42 Å². The number of carbonyl (C=O) groups excluding carboxylic acids is 1. The lowest BCUT2D eigenvalue weighted by molar-refractivity contribution is -0.137. The first-order chi connectivity index (χ1) is 15.4. The van der Waals surface area contributed by atoms with Crippen LogP contribution in [0, 0.1) is 18.8 Å². The van der Waals surface area contributed by atoms with E-state index >= 15 is 0 Å². The van der Waals surface area contributed by atoms with Crippen molar-refractivity contribution in [1.29, 1.82) is 0 Å². The van der Waals surface area contributed by atoms with Crippen molar-refractivity contribution < 1.29 is 26.4 Å². The van der Waals surface area contributed by atoms with Crippen LogP contribution in [0.4, 0.5) is 18.9 Å². The van der Waals surface area contributed by atoms with E-state index in [2.05, 4.69) is 5.32 Å². The Kier molecular flexibility index (Phi) is 6.39. The highest BCUT2D eigenvalue weighted by Gasteiger charge is 2.41. The molecule has 0 aromatic heterocycles. The molecular formula is C23H24ClF3N2O3S. The van der Waals surface area contributed by atoms with Crippen LogP contribution in [0.25, 0.3) is 0 Å². The van der Waals surface area contributed by atoms with E-state index in [1.165, 1.54) is 18.2 Å². The number of anilines is 1. The number of rotatable bonds is 6. The van der Waals surface area contributed by atoms with Crippen LogP contribution in [-0.4, -0.2) is 26.9 Å². The number of aryl methyl sites for hydroxylation is 1. The van der Waals surface area contributed by atoms with Crippen LogP contribution in [0.5, 0.6) is 0 Å². The van der Waals surface area contributed by atoms with Gasteiger partial charge in [-0.15, -0.1) is 0 Å². The van der Waals surface area contributed by atoms with E-state index in [9.17, 15) is 26.4 Å². The van der Waals surface area contributed by atoms with Crippen LogP contribution in [0.3, 0.4) is 0 Å². The van der Waals surface area contributed by atoms with Crippen LogP contribution in [0.2, 0.25) is 5.02 Å². The van der Waals surface area contributed by atoms with Crippen molar-refractivity contribution in [2.24, 2.45) is 11.8 Å². The summed E-state index contributed by atoms with van der Waals surface area (Å²) >= 11 is 5.72. The Morgan fingerprint density at radius 2 is 1.82 bits per heavy atom. The van der Waals surface area contributed by atoms with Gasteiger partial charge in [0.15, 0.2) is 0 Å². The van der Waals surface area contributed by atoms with Crippen molar-refractivity contribution in [2.45, 2.75) is 49.7 Å². The minimum Gasteiger partial charge on any atom is -0.352 e. The van der Waals surface area contributed by atoms with Gasteiger partial charge in [0.2, 0.25) is 5.91 Å². The van der Waals surface area contributed by atoms with Gasteiger partial charge in [-0.1, -0.05) is 35.7 Å². The molecule has 2 aromatic carbocycles. The second kappa shape index (κ2) is 8.83. The lowest BCUT2D eigenvalue weighted by Gasteiger charge is -2.28. The Balaban J connectivity index is 1.68. The summed E-state index contributed by atoms with van der Waals surface area (Å²) in [6, 6.07) is 8.71. The van der Waals surface area contributed by atoms with Crippen molar-refractivity contribution >= 4 is 33.2 Å². The Morgan fingerprint density at radius 1 is 1.12 bits per heavy atom. The highest BCUT2D eigenvalue weighted by atomic mass is 35.5. The largest absolute Gasteiger partial charge is 0.417 e. The van der Waals surface area contributed by atoms with Crippen LogP contribution in [0.15, 0.2) is 47.4 Å². The average molecular weight is 501 g/mol. The molecule has 0 aliphatic heterocycles. The van der Waals surface area contributed by atoms with E-state index in [4.69, 9.17) is 11.6 Å². The molecule has 1 N–H and O–H groups in total. The predicted molar refractivity (Wildman–Crippen MR) is 120 cm³/mol. The zero-order valence-corrected chi connectivity index (χ0v) is 19.5. The number of amides is 1. The summed E-state index contributed by atoms with van der Waals surface area (Å²) in [5.41, 5.74) is -0.630. The van der Waals surface area contributed by atoms with E-state index < -0.39 is 39.2 Å². The van der Waals surface area contributed by atoms with Gasteiger partial charge in [0, 0.05) is 6.04 Å². The molecule has 2 aliphatic rings. The number of hydrogen-bond acceptors (Lipinski definition) is 3. The van der Waals surface area contributed by atoms with Gasteiger partial charge < -0.3 is 5.32 Å². The monoisotopic (exact) mass is 500 g/mol. The van der Waals surface area contributed by atoms with Gasteiger partial charge in [-0.3, -0.25) is 9.10 Å². The maximum atomic E-state index is 13.4. The van der Waals surface area contributed by atoms with E-state index in [-0.39, 0.29) is 16.6 Å². The predicted octanol–water partition coefficient (Wildman–Crippen LogP) is 5.17. The van der Waals surface area contributed by atoms with Crippen molar-refractivity contribution in [3.63, 3.8) is 0 Å². The minimum atomic E-state index is -4.78. The van der Waals surface area contributed by atoms with Gasteiger partial charge in [0.05, 0.1) is 21.2 Å². The third-order valence-electron chi connectivity index (χ3n) is 6.52. The highest BCUT2D eigenvalue weighted by Crippen LogP contribution is 2.44. The molecule has 0 saturated heterocycles. The first-order valence-corrected chi connectivity index (χ1v) is 12.5. The van der Waals surface area contributed by atoms with Gasteiger partial charge >= 0.3 is 6.18 Å². The molecule has 2 saturated carbocycles. The fourth-order valence-corrected chi connectivity index (χ4v) is 6.48. The topological polar surface area (TPSA) is 66.5 Å². The van der Waals surface area contributed by atoms with E-state index in [1.54, 1.807) is 19.1 Å². The molecule has 33 heavy (non-hydrogen) atoms. The fourth-order valence-electron chi connectivity index (χ4n) is 4.84.